The molecule has 0 aromatic heterocycles. The third-order valence-electron chi connectivity index (χ3n) is 7.63. The van der Waals surface area contributed by atoms with Crippen LogP contribution in [-0.2, 0) is 11.3 Å². The summed E-state index contributed by atoms with van der Waals surface area (Å²) in [5.41, 5.74) is 4.45. The molecule has 44 heavy (non-hydrogen) atoms. The van der Waals surface area contributed by atoms with Crippen molar-refractivity contribution >= 4 is 29.1 Å². The Balaban J connectivity index is 1.18. The number of anilines is 2. The lowest BCUT2D eigenvalue weighted by molar-refractivity contribution is -0.117. The minimum Gasteiger partial charge on any atom is -0.497 e. The van der Waals surface area contributed by atoms with Crippen molar-refractivity contribution in [3.63, 3.8) is 0 Å². The van der Waals surface area contributed by atoms with Crippen LogP contribution < -0.4 is 15.0 Å². The number of aryl methyl sites for hydroxylation is 1. The van der Waals surface area contributed by atoms with Crippen molar-refractivity contribution in [2.75, 3.05) is 50.1 Å². The molecular weight excluding hydrogens is 559 g/mol. The Bertz CT molecular complexity index is 1580. The number of hydrogen-bond donors (Lipinski definition) is 1. The number of nitrogens with one attached hydrogen (secondary N) is 1. The first-order chi connectivity index (χ1) is 21.3. The predicted octanol–water partition coefficient (Wildman–Crippen LogP) is 5.39. The number of halogens is 1. The van der Waals surface area contributed by atoms with E-state index in [0.717, 1.165) is 16.8 Å². The van der Waals surface area contributed by atoms with Gasteiger partial charge in [0.05, 0.1) is 7.11 Å². The molecule has 226 valence electrons. The fourth-order valence-corrected chi connectivity index (χ4v) is 5.10. The lowest BCUT2D eigenvalue weighted by atomic mass is 10.1. The summed E-state index contributed by atoms with van der Waals surface area (Å²) in [6, 6.07) is 27.7. The quantitative estimate of drug-likeness (QED) is 0.281. The molecule has 0 saturated carbocycles. The molecule has 0 radical (unpaired) electrons. The summed E-state index contributed by atoms with van der Waals surface area (Å²) in [7, 11) is 1.60. The van der Waals surface area contributed by atoms with Crippen LogP contribution in [0.15, 0.2) is 97.1 Å². The van der Waals surface area contributed by atoms with E-state index in [1.807, 2.05) is 48.2 Å². The molecule has 1 saturated heterocycles. The first-order valence-corrected chi connectivity index (χ1v) is 14.5. The zero-order valence-corrected chi connectivity index (χ0v) is 24.8. The second kappa shape index (κ2) is 13.9. The van der Waals surface area contributed by atoms with Crippen LogP contribution in [0, 0.1) is 12.7 Å². The molecule has 1 aliphatic rings. The summed E-state index contributed by atoms with van der Waals surface area (Å²) in [4.78, 5) is 44.8. The monoisotopic (exact) mass is 594 g/mol. The molecule has 1 N–H and O–H groups in total. The maximum absolute atomic E-state index is 13.5. The fraction of sp³-hybridized carbons (Fsp3) is 0.229. The lowest BCUT2D eigenvalue weighted by Crippen LogP contribution is -2.48. The third kappa shape index (κ3) is 7.60. The van der Waals surface area contributed by atoms with E-state index >= 15 is 0 Å². The second-order valence-corrected chi connectivity index (χ2v) is 10.8. The number of carbonyl (C=O) groups is 3. The van der Waals surface area contributed by atoms with Crippen molar-refractivity contribution in [3.05, 3.63) is 125 Å². The number of hydrogen-bond acceptors (Lipinski definition) is 5. The van der Waals surface area contributed by atoms with E-state index in [9.17, 15) is 18.8 Å². The average Bonchev–Trinajstić information content (AvgIpc) is 3.05. The Kier molecular flexibility index (Phi) is 9.54. The topological polar surface area (TPSA) is 82.2 Å². The van der Waals surface area contributed by atoms with Gasteiger partial charge in [0.15, 0.2) is 0 Å². The number of carbonyl (C=O) groups excluding carboxylic acids is 3. The van der Waals surface area contributed by atoms with Crippen LogP contribution in [0.4, 0.5) is 15.8 Å². The zero-order chi connectivity index (χ0) is 31.1. The van der Waals surface area contributed by atoms with Crippen molar-refractivity contribution in [2.45, 2.75) is 13.5 Å². The molecule has 0 atom stereocenters. The number of amides is 3. The van der Waals surface area contributed by atoms with Gasteiger partial charge in [-0.2, -0.15) is 0 Å². The van der Waals surface area contributed by atoms with E-state index in [1.54, 1.807) is 55.6 Å². The number of piperazine rings is 1. The normalized spacial score (nSPS) is 12.9. The van der Waals surface area contributed by atoms with E-state index in [4.69, 9.17) is 4.74 Å². The Morgan fingerprint density at radius 2 is 1.41 bits per heavy atom. The largest absolute Gasteiger partial charge is 0.497 e. The smallest absolute Gasteiger partial charge is 0.254 e. The van der Waals surface area contributed by atoms with Crippen molar-refractivity contribution in [2.24, 2.45) is 0 Å². The maximum atomic E-state index is 13.5. The highest BCUT2D eigenvalue weighted by atomic mass is 19.1. The van der Waals surface area contributed by atoms with Crippen LogP contribution in [-0.4, -0.2) is 67.4 Å². The summed E-state index contributed by atoms with van der Waals surface area (Å²) in [6.45, 7) is 4.50. The van der Waals surface area contributed by atoms with Gasteiger partial charge in [0.2, 0.25) is 5.91 Å². The van der Waals surface area contributed by atoms with Gasteiger partial charge in [-0.05, 0) is 85.3 Å². The van der Waals surface area contributed by atoms with Gasteiger partial charge in [-0.25, -0.2) is 4.39 Å². The molecule has 0 spiro atoms. The van der Waals surface area contributed by atoms with Crippen LogP contribution in [0.1, 0.15) is 31.8 Å². The molecule has 5 rings (SSSR count). The SMILES string of the molecule is COc1ccc(C(=O)N2CCN(c3ccc(NC(=O)CN(Cc4ccc(F)cc4)C(=O)c4ccc(C)cc4)cc3)CC2)cc1. The molecule has 1 fully saturated rings. The highest BCUT2D eigenvalue weighted by Gasteiger charge is 2.23. The van der Waals surface area contributed by atoms with Crippen LogP contribution in [0.2, 0.25) is 0 Å². The molecule has 0 unspecified atom stereocenters. The maximum Gasteiger partial charge on any atom is 0.254 e. The number of ether oxygens (including phenoxy) is 1. The highest BCUT2D eigenvalue weighted by Crippen LogP contribution is 2.21. The summed E-state index contributed by atoms with van der Waals surface area (Å²) >= 11 is 0. The molecule has 4 aromatic rings. The van der Waals surface area contributed by atoms with Gasteiger partial charge in [-0.1, -0.05) is 29.8 Å². The minimum absolute atomic E-state index is 0.000282. The predicted molar refractivity (Wildman–Crippen MR) is 169 cm³/mol. The van der Waals surface area contributed by atoms with Crippen LogP contribution in [0.3, 0.4) is 0 Å². The van der Waals surface area contributed by atoms with Crippen molar-refractivity contribution in [3.8, 4) is 5.75 Å². The van der Waals surface area contributed by atoms with E-state index in [0.29, 0.717) is 48.7 Å². The molecular formula is C35H35FN4O4. The number of nitrogens with zero attached hydrogens (tertiary/aromatic N) is 3. The zero-order valence-electron chi connectivity index (χ0n) is 24.8. The first kappa shape index (κ1) is 30.3. The highest BCUT2D eigenvalue weighted by molar-refractivity contribution is 5.99. The second-order valence-electron chi connectivity index (χ2n) is 10.8. The van der Waals surface area contributed by atoms with Crippen molar-refractivity contribution in [1.29, 1.82) is 0 Å². The molecule has 3 amide bonds. The molecule has 4 aromatic carbocycles. The number of benzene rings is 4. The van der Waals surface area contributed by atoms with Gasteiger partial charge in [0.25, 0.3) is 11.8 Å². The Morgan fingerprint density at radius 1 is 0.795 bits per heavy atom. The molecule has 1 heterocycles. The summed E-state index contributed by atoms with van der Waals surface area (Å²) in [5.74, 6) is -0.283. The lowest BCUT2D eigenvalue weighted by Gasteiger charge is -2.36. The van der Waals surface area contributed by atoms with Crippen molar-refractivity contribution in [1.82, 2.24) is 9.80 Å². The van der Waals surface area contributed by atoms with Crippen LogP contribution in [0.25, 0.3) is 0 Å². The summed E-state index contributed by atoms with van der Waals surface area (Å²) in [6.07, 6.45) is 0. The summed E-state index contributed by atoms with van der Waals surface area (Å²) in [5, 5.41) is 2.89. The Hall–Kier alpha value is -5.18. The molecule has 0 bridgehead atoms. The first-order valence-electron chi connectivity index (χ1n) is 14.5. The van der Waals surface area contributed by atoms with Gasteiger partial charge in [-0.3, -0.25) is 14.4 Å². The minimum atomic E-state index is -0.365. The fourth-order valence-electron chi connectivity index (χ4n) is 5.10. The molecule has 9 heteroatoms. The molecule has 0 aliphatic carbocycles. The Labute approximate surface area is 256 Å². The van der Waals surface area contributed by atoms with Gasteiger partial charge < -0.3 is 24.8 Å². The van der Waals surface area contributed by atoms with Crippen LogP contribution >= 0.6 is 0 Å². The van der Waals surface area contributed by atoms with Gasteiger partial charge >= 0.3 is 0 Å². The number of rotatable bonds is 9. The average molecular weight is 595 g/mol. The molecule has 1 aliphatic heterocycles. The van der Waals surface area contributed by atoms with E-state index < -0.39 is 0 Å². The van der Waals surface area contributed by atoms with Crippen molar-refractivity contribution < 1.29 is 23.5 Å². The van der Waals surface area contributed by atoms with Gasteiger partial charge in [0.1, 0.15) is 18.1 Å². The van der Waals surface area contributed by atoms with E-state index in [-0.39, 0.29) is 36.6 Å². The molecule has 8 nitrogen and oxygen atoms in total. The van der Waals surface area contributed by atoms with E-state index in [2.05, 4.69) is 10.2 Å². The van der Waals surface area contributed by atoms with E-state index in [1.165, 1.54) is 17.0 Å². The standard InChI is InChI=1S/C35H35FN4O4/c1-25-3-7-27(8-4-25)35(43)40(23-26-5-11-29(36)12-6-26)24-33(41)37-30-13-15-31(16-14-30)38-19-21-39(22-20-38)34(42)28-9-17-32(44-2)18-10-28/h3-18H,19-24H2,1-2H3,(H,37,41). The summed E-state index contributed by atoms with van der Waals surface area (Å²) < 4.78 is 18.6. The Morgan fingerprint density at radius 3 is 2.02 bits per heavy atom. The van der Waals surface area contributed by atoms with Gasteiger partial charge in [0, 0.05) is 55.2 Å². The number of methoxy groups -OCH3 is 1. The van der Waals surface area contributed by atoms with Gasteiger partial charge in [-0.15, -0.1) is 0 Å². The third-order valence-corrected chi connectivity index (χ3v) is 7.63. The van der Waals surface area contributed by atoms with Crippen LogP contribution in [0.5, 0.6) is 5.75 Å².